The summed E-state index contributed by atoms with van der Waals surface area (Å²) in [6.45, 7) is 0. The van der Waals surface area contributed by atoms with E-state index in [1.165, 1.54) is 6.20 Å². The highest BCUT2D eigenvalue weighted by Gasteiger charge is 2.04. The Morgan fingerprint density at radius 3 is 3.00 bits per heavy atom. The average Bonchev–Trinajstić information content (AvgIpc) is 2.04. The van der Waals surface area contributed by atoms with Crippen LogP contribution in [0.1, 0.15) is 0 Å². The second-order valence-corrected chi connectivity index (χ2v) is 2.52. The monoisotopic (exact) mass is 183 g/mol. The van der Waals surface area contributed by atoms with Gasteiger partial charge in [0.05, 0.1) is 5.39 Å². The van der Waals surface area contributed by atoms with Gasteiger partial charge in [-0.05, 0) is 12.1 Å². The van der Waals surface area contributed by atoms with Crippen LogP contribution in [0.15, 0.2) is 18.3 Å². The summed E-state index contributed by atoms with van der Waals surface area (Å²) in [5.41, 5.74) is 0.273. The van der Waals surface area contributed by atoms with Crippen molar-refractivity contribution in [2.24, 2.45) is 0 Å². The first-order valence-corrected chi connectivity index (χ1v) is 3.59. The van der Waals surface area contributed by atoms with Crippen LogP contribution in [0.4, 0.5) is 4.39 Å². The van der Waals surface area contributed by atoms with Gasteiger partial charge in [-0.1, -0.05) is 11.6 Å². The van der Waals surface area contributed by atoms with Gasteiger partial charge >= 0.3 is 6.08 Å². The Labute approximate surface area is 72.2 Å². The first-order chi connectivity index (χ1) is 5.77. The minimum Gasteiger partial charge on any atom is -0.236 e. The number of hydrogen-bond donors (Lipinski definition) is 0. The van der Waals surface area contributed by atoms with Gasteiger partial charge in [0.2, 0.25) is 0 Å². The minimum absolute atomic E-state index is 0.0885. The van der Waals surface area contributed by atoms with Crippen LogP contribution in [0.25, 0.3) is 11.0 Å². The number of pyridine rings is 1. The first kappa shape index (κ1) is 7.36. The Morgan fingerprint density at radius 2 is 2.17 bits per heavy atom. The largest absolute Gasteiger partial charge is 0.312 e. The van der Waals surface area contributed by atoms with Gasteiger partial charge in [-0.2, -0.15) is 14.4 Å². The Morgan fingerprint density at radius 1 is 1.33 bits per heavy atom. The minimum atomic E-state index is -0.855. The molecule has 60 valence electrons. The van der Waals surface area contributed by atoms with Crippen LogP contribution in [-0.4, -0.2) is 15.0 Å². The van der Waals surface area contributed by atoms with Crippen LogP contribution in [0.2, 0.25) is 5.15 Å². The molecule has 0 aromatic carbocycles. The lowest BCUT2D eigenvalue weighted by atomic mass is 10.3. The summed E-state index contributed by atoms with van der Waals surface area (Å²) >= 11 is 5.63. The number of nitrogens with zero attached hydrogens (tertiary/aromatic N) is 3. The van der Waals surface area contributed by atoms with Crippen molar-refractivity contribution in [2.75, 3.05) is 0 Å². The third-order valence-corrected chi connectivity index (χ3v) is 1.69. The smallest absolute Gasteiger partial charge is 0.236 e. The highest BCUT2D eigenvalue weighted by Crippen LogP contribution is 2.16. The average molecular weight is 184 g/mol. The van der Waals surface area contributed by atoms with Crippen LogP contribution in [-0.2, 0) is 0 Å². The number of rotatable bonds is 0. The maximum absolute atomic E-state index is 12.6. The fraction of sp³-hybridized carbons (Fsp3) is 0. The van der Waals surface area contributed by atoms with Crippen LogP contribution >= 0.6 is 11.6 Å². The van der Waals surface area contributed by atoms with Crippen molar-refractivity contribution in [3.05, 3.63) is 29.6 Å². The van der Waals surface area contributed by atoms with E-state index in [0.717, 1.165) is 0 Å². The molecule has 12 heavy (non-hydrogen) atoms. The summed E-state index contributed by atoms with van der Waals surface area (Å²) in [6, 6.07) is 3.37. The number of aromatic nitrogens is 3. The molecule has 2 aromatic heterocycles. The molecule has 5 heteroatoms. The number of fused-ring (bicyclic) bond motifs is 1. The van der Waals surface area contributed by atoms with Crippen LogP contribution < -0.4 is 0 Å². The van der Waals surface area contributed by atoms with Gasteiger partial charge in [0, 0.05) is 6.20 Å². The molecule has 2 aromatic rings. The highest BCUT2D eigenvalue weighted by atomic mass is 35.5. The van der Waals surface area contributed by atoms with Crippen molar-refractivity contribution in [3.63, 3.8) is 0 Å². The van der Waals surface area contributed by atoms with E-state index in [9.17, 15) is 4.39 Å². The van der Waals surface area contributed by atoms with E-state index in [0.29, 0.717) is 5.39 Å². The van der Waals surface area contributed by atoms with E-state index in [2.05, 4.69) is 15.0 Å². The second-order valence-electron chi connectivity index (χ2n) is 2.16. The maximum Gasteiger partial charge on any atom is 0.312 e. The Kier molecular flexibility index (Phi) is 1.62. The van der Waals surface area contributed by atoms with Gasteiger partial charge < -0.3 is 0 Å². The van der Waals surface area contributed by atoms with Crippen LogP contribution in [0.5, 0.6) is 0 Å². The molecule has 2 rings (SSSR count). The Hall–Kier alpha value is -1.29. The van der Waals surface area contributed by atoms with Crippen molar-refractivity contribution in [1.29, 1.82) is 0 Å². The lowest BCUT2D eigenvalue weighted by Gasteiger charge is -1.96. The van der Waals surface area contributed by atoms with E-state index >= 15 is 0 Å². The molecular formula is C7H3ClFN3. The SMILES string of the molecule is Fc1nc(Cl)c2cccnc2n1. The molecule has 0 saturated heterocycles. The summed E-state index contributed by atoms with van der Waals surface area (Å²) in [7, 11) is 0. The Balaban J connectivity index is 2.89. The van der Waals surface area contributed by atoms with E-state index in [1.54, 1.807) is 12.1 Å². The van der Waals surface area contributed by atoms with Crippen molar-refractivity contribution in [3.8, 4) is 0 Å². The summed E-state index contributed by atoms with van der Waals surface area (Å²) in [4.78, 5) is 10.6. The Bertz CT molecular complexity index is 432. The number of halogens is 2. The zero-order valence-corrected chi connectivity index (χ0v) is 6.59. The summed E-state index contributed by atoms with van der Waals surface area (Å²) in [5.74, 6) is 0. The van der Waals surface area contributed by atoms with Gasteiger partial charge in [0.15, 0.2) is 5.65 Å². The molecule has 0 spiro atoms. The standard InChI is InChI=1S/C7H3ClFN3/c8-5-4-2-1-3-10-6(4)12-7(9)11-5/h1-3H. The molecule has 0 fully saturated rings. The highest BCUT2D eigenvalue weighted by molar-refractivity contribution is 6.33. The van der Waals surface area contributed by atoms with Gasteiger partial charge in [-0.15, -0.1) is 0 Å². The van der Waals surface area contributed by atoms with Gasteiger partial charge in [-0.25, -0.2) is 4.98 Å². The lowest BCUT2D eigenvalue weighted by Crippen LogP contribution is -1.92. The van der Waals surface area contributed by atoms with E-state index < -0.39 is 6.08 Å². The zero-order valence-electron chi connectivity index (χ0n) is 5.83. The van der Waals surface area contributed by atoms with Crippen molar-refractivity contribution in [2.45, 2.75) is 0 Å². The molecule has 3 nitrogen and oxygen atoms in total. The summed E-state index contributed by atoms with van der Waals surface area (Å²) < 4.78 is 12.6. The van der Waals surface area contributed by atoms with Gasteiger partial charge in [-0.3, -0.25) is 0 Å². The first-order valence-electron chi connectivity index (χ1n) is 3.21. The molecule has 0 aliphatic heterocycles. The second kappa shape index (κ2) is 2.64. The predicted molar refractivity (Wildman–Crippen MR) is 42.3 cm³/mol. The van der Waals surface area contributed by atoms with Crippen LogP contribution in [0, 0.1) is 6.08 Å². The maximum atomic E-state index is 12.6. The quantitative estimate of drug-likeness (QED) is 0.462. The third kappa shape index (κ3) is 1.10. The summed E-state index contributed by atoms with van der Waals surface area (Å²) in [5, 5.41) is 0.645. The molecule has 0 radical (unpaired) electrons. The molecule has 0 aliphatic carbocycles. The van der Waals surface area contributed by atoms with Gasteiger partial charge in [0.25, 0.3) is 0 Å². The van der Waals surface area contributed by atoms with E-state index in [-0.39, 0.29) is 10.8 Å². The van der Waals surface area contributed by atoms with Gasteiger partial charge in [0.1, 0.15) is 5.15 Å². The number of hydrogen-bond acceptors (Lipinski definition) is 3. The zero-order chi connectivity index (χ0) is 8.55. The molecule has 2 heterocycles. The lowest BCUT2D eigenvalue weighted by molar-refractivity contribution is 0.544. The molecule has 0 amide bonds. The van der Waals surface area contributed by atoms with Crippen LogP contribution in [0.3, 0.4) is 0 Å². The fourth-order valence-electron chi connectivity index (χ4n) is 0.901. The molecule has 0 atom stereocenters. The van der Waals surface area contributed by atoms with E-state index in [1.807, 2.05) is 0 Å². The van der Waals surface area contributed by atoms with Crippen molar-refractivity contribution >= 4 is 22.6 Å². The fourth-order valence-corrected chi connectivity index (χ4v) is 1.12. The molecule has 0 bridgehead atoms. The topological polar surface area (TPSA) is 38.7 Å². The molecule has 0 unspecified atom stereocenters. The molecular weight excluding hydrogens is 181 g/mol. The predicted octanol–water partition coefficient (Wildman–Crippen LogP) is 1.82. The third-order valence-electron chi connectivity index (χ3n) is 1.40. The van der Waals surface area contributed by atoms with Crippen molar-refractivity contribution < 1.29 is 4.39 Å². The van der Waals surface area contributed by atoms with Crippen molar-refractivity contribution in [1.82, 2.24) is 15.0 Å². The summed E-state index contributed by atoms with van der Waals surface area (Å²) in [6.07, 6.45) is 0.664. The van der Waals surface area contributed by atoms with E-state index in [4.69, 9.17) is 11.6 Å². The molecule has 0 aliphatic rings. The molecule has 0 saturated carbocycles. The normalized spacial score (nSPS) is 10.5. The molecule has 0 N–H and O–H groups in total.